The summed E-state index contributed by atoms with van der Waals surface area (Å²) in [4.78, 5) is 8.26. The molecular formula is C18H10ClF3N6. The summed E-state index contributed by atoms with van der Waals surface area (Å²) in [7, 11) is 0. The number of halogens is 4. The number of fused-ring (bicyclic) bond motifs is 1. The highest BCUT2D eigenvalue weighted by atomic mass is 35.5. The van der Waals surface area contributed by atoms with Gasteiger partial charge in [-0.05, 0) is 48.5 Å². The molecule has 2 aromatic carbocycles. The van der Waals surface area contributed by atoms with Gasteiger partial charge in [0.05, 0.1) is 28.5 Å². The molecule has 4 rings (SSSR count). The highest BCUT2D eigenvalue weighted by Gasteiger charge is 2.30. The van der Waals surface area contributed by atoms with Crippen molar-refractivity contribution in [1.82, 2.24) is 19.7 Å². The van der Waals surface area contributed by atoms with Crippen LogP contribution in [-0.2, 0) is 6.18 Å². The zero-order chi connectivity index (χ0) is 19.7. The summed E-state index contributed by atoms with van der Waals surface area (Å²) in [6, 6.07) is 11.4. The maximum atomic E-state index is 12.7. The van der Waals surface area contributed by atoms with Crippen LogP contribution in [0.4, 0.5) is 24.7 Å². The first kappa shape index (κ1) is 18.1. The van der Waals surface area contributed by atoms with E-state index in [9.17, 15) is 13.2 Å². The van der Waals surface area contributed by atoms with E-state index in [4.69, 9.17) is 11.6 Å². The van der Waals surface area contributed by atoms with Crippen LogP contribution in [0.25, 0.3) is 16.7 Å². The van der Waals surface area contributed by atoms with E-state index in [1.54, 1.807) is 24.3 Å². The molecule has 0 fully saturated rings. The van der Waals surface area contributed by atoms with E-state index in [2.05, 4.69) is 25.3 Å². The van der Waals surface area contributed by atoms with Crippen molar-refractivity contribution >= 4 is 34.1 Å². The number of nitrogens with zero attached hydrogens (tertiary/aromatic N) is 6. The van der Waals surface area contributed by atoms with Crippen molar-refractivity contribution in [3.63, 3.8) is 0 Å². The molecule has 6 nitrogen and oxygen atoms in total. The molecule has 2 heterocycles. The Labute approximate surface area is 161 Å². The maximum absolute atomic E-state index is 12.7. The van der Waals surface area contributed by atoms with E-state index in [1.165, 1.54) is 29.3 Å². The second kappa shape index (κ2) is 7.01. The quantitative estimate of drug-likeness (QED) is 0.400. The average molecular weight is 403 g/mol. The number of rotatable bonds is 3. The van der Waals surface area contributed by atoms with Crippen LogP contribution in [0.5, 0.6) is 0 Å². The first-order valence-corrected chi connectivity index (χ1v) is 8.33. The Morgan fingerprint density at radius 3 is 2.29 bits per heavy atom. The van der Waals surface area contributed by atoms with Crippen molar-refractivity contribution in [2.45, 2.75) is 6.18 Å². The Hall–Kier alpha value is -3.33. The normalized spacial score (nSPS) is 12.1. The van der Waals surface area contributed by atoms with Crippen molar-refractivity contribution in [2.75, 3.05) is 0 Å². The third-order valence-corrected chi connectivity index (χ3v) is 4.12. The minimum atomic E-state index is -4.40. The van der Waals surface area contributed by atoms with E-state index in [-0.39, 0.29) is 5.82 Å². The van der Waals surface area contributed by atoms with E-state index in [0.29, 0.717) is 27.4 Å². The molecule has 4 aromatic rings. The number of hydrogen-bond donors (Lipinski definition) is 0. The predicted molar refractivity (Wildman–Crippen MR) is 97.3 cm³/mol. The molecule has 0 atom stereocenters. The second-order valence-electron chi connectivity index (χ2n) is 5.71. The summed E-state index contributed by atoms with van der Waals surface area (Å²) >= 11 is 5.84. The Morgan fingerprint density at radius 1 is 0.893 bits per heavy atom. The van der Waals surface area contributed by atoms with Gasteiger partial charge < -0.3 is 0 Å². The third-order valence-electron chi connectivity index (χ3n) is 3.87. The predicted octanol–water partition coefficient (Wildman–Crippen LogP) is 5.90. The van der Waals surface area contributed by atoms with Crippen molar-refractivity contribution < 1.29 is 13.2 Å². The standard InChI is InChI=1S/C18H10ClF3N6/c19-12-3-5-13(6-4-12)26-27-16-15-9-25-28(17(15)24-10-23-16)14-7-1-11(2-8-14)18(20,21)22/h1-10H. The van der Waals surface area contributed by atoms with Gasteiger partial charge in [0.1, 0.15) is 6.33 Å². The van der Waals surface area contributed by atoms with Gasteiger partial charge in [0.25, 0.3) is 0 Å². The fraction of sp³-hybridized carbons (Fsp3) is 0.0556. The molecule has 2 aromatic heterocycles. The monoisotopic (exact) mass is 402 g/mol. The van der Waals surface area contributed by atoms with Crippen molar-refractivity contribution in [1.29, 1.82) is 0 Å². The molecule has 0 unspecified atom stereocenters. The summed E-state index contributed by atoms with van der Waals surface area (Å²) in [5.41, 5.74) is 0.688. The minimum absolute atomic E-state index is 0.290. The van der Waals surface area contributed by atoms with Gasteiger partial charge in [0.15, 0.2) is 11.5 Å². The number of alkyl halides is 3. The third kappa shape index (κ3) is 3.56. The molecule has 0 aliphatic rings. The molecule has 0 spiro atoms. The number of aromatic nitrogens is 4. The van der Waals surface area contributed by atoms with Crippen molar-refractivity contribution in [2.24, 2.45) is 10.2 Å². The number of azo groups is 1. The van der Waals surface area contributed by atoms with Crippen LogP contribution in [0.1, 0.15) is 5.56 Å². The zero-order valence-corrected chi connectivity index (χ0v) is 14.7. The second-order valence-corrected chi connectivity index (χ2v) is 6.15. The molecule has 10 heteroatoms. The Kier molecular flexibility index (Phi) is 4.52. The Balaban J connectivity index is 1.69. The summed E-state index contributed by atoms with van der Waals surface area (Å²) < 4.78 is 39.6. The van der Waals surface area contributed by atoms with E-state index >= 15 is 0 Å². The molecule has 0 radical (unpaired) electrons. The van der Waals surface area contributed by atoms with Gasteiger partial charge in [-0.2, -0.15) is 18.3 Å². The van der Waals surface area contributed by atoms with Gasteiger partial charge in [0.2, 0.25) is 0 Å². The zero-order valence-electron chi connectivity index (χ0n) is 14.0. The van der Waals surface area contributed by atoms with Crippen LogP contribution in [0.15, 0.2) is 71.3 Å². The SMILES string of the molecule is FC(F)(F)c1ccc(-n2ncc3c(N=Nc4ccc(Cl)cc4)ncnc32)cc1. The van der Waals surface area contributed by atoms with Crippen molar-refractivity contribution in [3.05, 3.63) is 71.6 Å². The summed E-state index contributed by atoms with van der Waals surface area (Å²) in [6.07, 6.45) is -1.62. The van der Waals surface area contributed by atoms with Gasteiger partial charge in [-0.1, -0.05) is 11.6 Å². The highest BCUT2D eigenvalue weighted by molar-refractivity contribution is 6.30. The van der Waals surface area contributed by atoms with Crippen LogP contribution in [-0.4, -0.2) is 19.7 Å². The van der Waals surface area contributed by atoms with E-state index in [1.807, 2.05) is 0 Å². The number of hydrogen-bond acceptors (Lipinski definition) is 5. The maximum Gasteiger partial charge on any atom is 0.416 e. The summed E-state index contributed by atoms with van der Waals surface area (Å²) in [6.45, 7) is 0. The van der Waals surface area contributed by atoms with Crippen LogP contribution < -0.4 is 0 Å². The molecule has 0 aliphatic carbocycles. The topological polar surface area (TPSA) is 68.3 Å². The smallest absolute Gasteiger partial charge is 0.216 e. The molecule has 0 saturated carbocycles. The number of benzene rings is 2. The lowest BCUT2D eigenvalue weighted by Gasteiger charge is -2.08. The lowest BCUT2D eigenvalue weighted by Crippen LogP contribution is -2.05. The molecule has 140 valence electrons. The van der Waals surface area contributed by atoms with Crippen LogP contribution >= 0.6 is 11.6 Å². The fourth-order valence-electron chi connectivity index (χ4n) is 2.50. The van der Waals surface area contributed by atoms with E-state index < -0.39 is 11.7 Å². The lowest BCUT2D eigenvalue weighted by molar-refractivity contribution is -0.137. The average Bonchev–Trinajstić information content (AvgIpc) is 3.12. The van der Waals surface area contributed by atoms with Crippen LogP contribution in [0.2, 0.25) is 5.02 Å². The lowest BCUT2D eigenvalue weighted by atomic mass is 10.2. The molecule has 28 heavy (non-hydrogen) atoms. The molecule has 0 N–H and O–H groups in total. The summed E-state index contributed by atoms with van der Waals surface area (Å²) in [5, 5.41) is 13.5. The first-order chi connectivity index (χ1) is 13.4. The molecule has 0 amide bonds. The van der Waals surface area contributed by atoms with Gasteiger partial charge in [-0.15, -0.1) is 10.2 Å². The highest BCUT2D eigenvalue weighted by Crippen LogP contribution is 2.30. The molecule has 0 saturated heterocycles. The molecule has 0 bridgehead atoms. The van der Waals surface area contributed by atoms with E-state index in [0.717, 1.165) is 12.1 Å². The van der Waals surface area contributed by atoms with Crippen molar-refractivity contribution in [3.8, 4) is 5.69 Å². The van der Waals surface area contributed by atoms with Gasteiger partial charge in [0, 0.05) is 5.02 Å². The molecular weight excluding hydrogens is 393 g/mol. The van der Waals surface area contributed by atoms with Crippen LogP contribution in [0, 0.1) is 0 Å². The summed E-state index contributed by atoms with van der Waals surface area (Å²) in [5.74, 6) is 0.290. The Morgan fingerprint density at radius 2 is 1.61 bits per heavy atom. The van der Waals surface area contributed by atoms with Gasteiger partial charge >= 0.3 is 6.18 Å². The molecule has 0 aliphatic heterocycles. The fourth-order valence-corrected chi connectivity index (χ4v) is 2.63. The van der Waals surface area contributed by atoms with Gasteiger partial charge in [-0.25, -0.2) is 14.6 Å². The largest absolute Gasteiger partial charge is 0.416 e. The Bertz CT molecular complexity index is 1150. The first-order valence-electron chi connectivity index (χ1n) is 7.95. The van der Waals surface area contributed by atoms with Gasteiger partial charge in [-0.3, -0.25) is 0 Å². The minimum Gasteiger partial charge on any atom is -0.216 e. The van der Waals surface area contributed by atoms with Crippen LogP contribution in [0.3, 0.4) is 0 Å².